The van der Waals surface area contributed by atoms with Crippen molar-refractivity contribution in [1.29, 1.82) is 0 Å². The fraction of sp³-hybridized carbons (Fsp3) is 0.133. The summed E-state index contributed by atoms with van der Waals surface area (Å²) in [6, 6.07) is 17.0. The molecule has 0 aliphatic heterocycles. The Bertz CT molecular complexity index is 540. The Labute approximate surface area is 121 Å². The van der Waals surface area contributed by atoms with E-state index >= 15 is 0 Å². The first-order chi connectivity index (χ1) is 9.20. The number of nitrogens with two attached hydrogens (primary N) is 1. The van der Waals surface area contributed by atoms with Crippen LogP contribution in [-0.2, 0) is 4.79 Å². The molecule has 0 fully saturated rings. The van der Waals surface area contributed by atoms with Crippen molar-refractivity contribution in [2.45, 2.75) is 5.92 Å². The molecule has 0 saturated heterocycles. The van der Waals surface area contributed by atoms with Crippen LogP contribution in [0.1, 0.15) is 11.5 Å². The minimum Gasteiger partial charge on any atom is -0.329 e. The maximum atomic E-state index is 12.2. The van der Waals surface area contributed by atoms with E-state index in [-0.39, 0.29) is 18.4 Å². The number of amides is 1. The number of anilines is 1. The number of carbonyl (C=O) groups is 1. The van der Waals surface area contributed by atoms with Gasteiger partial charge in [-0.2, -0.15) is 0 Å². The van der Waals surface area contributed by atoms with Crippen LogP contribution < -0.4 is 11.1 Å². The van der Waals surface area contributed by atoms with Gasteiger partial charge < -0.3 is 11.1 Å². The van der Waals surface area contributed by atoms with E-state index in [1.54, 1.807) is 0 Å². The van der Waals surface area contributed by atoms with E-state index in [9.17, 15) is 4.79 Å². The van der Waals surface area contributed by atoms with E-state index in [4.69, 9.17) is 5.73 Å². The lowest BCUT2D eigenvalue weighted by molar-refractivity contribution is -0.117. The van der Waals surface area contributed by atoms with Gasteiger partial charge >= 0.3 is 0 Å². The van der Waals surface area contributed by atoms with Gasteiger partial charge in [-0.05, 0) is 29.8 Å². The van der Waals surface area contributed by atoms with Gasteiger partial charge in [-0.1, -0.05) is 46.3 Å². The van der Waals surface area contributed by atoms with Crippen LogP contribution in [0.5, 0.6) is 0 Å². The van der Waals surface area contributed by atoms with E-state index < -0.39 is 0 Å². The molecule has 0 radical (unpaired) electrons. The molecule has 1 atom stereocenters. The molecule has 0 bridgehead atoms. The van der Waals surface area contributed by atoms with E-state index in [0.29, 0.717) is 0 Å². The van der Waals surface area contributed by atoms with Crippen LogP contribution in [0.3, 0.4) is 0 Å². The summed E-state index contributed by atoms with van der Waals surface area (Å²) in [4.78, 5) is 12.2. The Kier molecular flexibility index (Phi) is 4.71. The van der Waals surface area contributed by atoms with Gasteiger partial charge in [0.05, 0.1) is 5.92 Å². The van der Waals surface area contributed by atoms with Crippen LogP contribution in [0, 0.1) is 0 Å². The first-order valence-electron chi connectivity index (χ1n) is 6.02. The second-order valence-electron chi connectivity index (χ2n) is 4.20. The predicted molar refractivity (Wildman–Crippen MR) is 81.0 cm³/mol. The summed E-state index contributed by atoms with van der Waals surface area (Å²) in [7, 11) is 0. The van der Waals surface area contributed by atoms with Gasteiger partial charge in [0, 0.05) is 16.7 Å². The zero-order chi connectivity index (χ0) is 13.7. The smallest absolute Gasteiger partial charge is 0.233 e. The molecule has 2 aromatic rings. The Hall–Kier alpha value is -1.65. The molecule has 1 unspecified atom stereocenters. The molecule has 2 rings (SSSR count). The Morgan fingerprint density at radius 2 is 1.74 bits per heavy atom. The zero-order valence-corrected chi connectivity index (χ0v) is 11.9. The average molecular weight is 319 g/mol. The van der Waals surface area contributed by atoms with E-state index in [1.165, 1.54) is 0 Å². The van der Waals surface area contributed by atoms with Gasteiger partial charge in [0.2, 0.25) is 5.91 Å². The second-order valence-corrected chi connectivity index (χ2v) is 5.11. The van der Waals surface area contributed by atoms with Crippen LogP contribution >= 0.6 is 15.9 Å². The molecule has 3 N–H and O–H groups in total. The Morgan fingerprint density at radius 3 is 2.32 bits per heavy atom. The first kappa shape index (κ1) is 13.8. The van der Waals surface area contributed by atoms with E-state index in [2.05, 4.69) is 21.2 Å². The van der Waals surface area contributed by atoms with Crippen molar-refractivity contribution >= 4 is 27.5 Å². The molecule has 0 aliphatic rings. The number of hydrogen-bond acceptors (Lipinski definition) is 2. The molecule has 0 heterocycles. The summed E-state index contributed by atoms with van der Waals surface area (Å²) in [6.45, 7) is 0.284. The lowest BCUT2D eigenvalue weighted by atomic mass is 9.98. The molecular formula is C15H15BrN2O. The van der Waals surface area contributed by atoms with Crippen molar-refractivity contribution in [2.24, 2.45) is 5.73 Å². The van der Waals surface area contributed by atoms with E-state index in [0.717, 1.165) is 15.7 Å². The van der Waals surface area contributed by atoms with Gasteiger partial charge in [0.15, 0.2) is 0 Å². The molecule has 4 heteroatoms. The molecule has 1 amide bonds. The third-order valence-electron chi connectivity index (χ3n) is 2.87. The standard InChI is InChI=1S/C15H15BrN2O/c16-12-6-8-13(9-7-12)18-15(19)14(10-17)11-4-2-1-3-5-11/h1-9,14H,10,17H2,(H,18,19). The summed E-state index contributed by atoms with van der Waals surface area (Å²) in [6.07, 6.45) is 0. The summed E-state index contributed by atoms with van der Waals surface area (Å²) in [5, 5.41) is 2.88. The molecule has 19 heavy (non-hydrogen) atoms. The van der Waals surface area contributed by atoms with Crippen LogP contribution in [0.15, 0.2) is 59.1 Å². The van der Waals surface area contributed by atoms with E-state index in [1.807, 2.05) is 54.6 Å². The highest BCUT2D eigenvalue weighted by atomic mass is 79.9. The monoisotopic (exact) mass is 318 g/mol. The zero-order valence-electron chi connectivity index (χ0n) is 10.3. The van der Waals surface area contributed by atoms with Crippen LogP contribution in [0.2, 0.25) is 0 Å². The highest BCUT2D eigenvalue weighted by Gasteiger charge is 2.18. The van der Waals surface area contributed by atoms with Gasteiger partial charge in [0.25, 0.3) is 0 Å². The molecule has 0 aromatic heterocycles. The number of halogens is 1. The fourth-order valence-corrected chi connectivity index (χ4v) is 2.11. The topological polar surface area (TPSA) is 55.1 Å². The number of rotatable bonds is 4. The van der Waals surface area contributed by atoms with Gasteiger partial charge in [-0.15, -0.1) is 0 Å². The van der Waals surface area contributed by atoms with Crippen molar-refractivity contribution in [2.75, 3.05) is 11.9 Å². The number of nitrogens with one attached hydrogen (secondary N) is 1. The third-order valence-corrected chi connectivity index (χ3v) is 3.39. The summed E-state index contributed by atoms with van der Waals surface area (Å²) >= 11 is 3.36. The SMILES string of the molecule is NCC(C(=O)Nc1ccc(Br)cc1)c1ccccc1. The molecule has 0 saturated carbocycles. The number of benzene rings is 2. The Morgan fingerprint density at radius 1 is 1.11 bits per heavy atom. The summed E-state index contributed by atoms with van der Waals surface area (Å²) in [5.41, 5.74) is 7.41. The quantitative estimate of drug-likeness (QED) is 0.910. The molecule has 0 spiro atoms. The van der Waals surface area contributed by atoms with Crippen molar-refractivity contribution in [3.63, 3.8) is 0 Å². The largest absolute Gasteiger partial charge is 0.329 e. The molecule has 98 valence electrons. The fourth-order valence-electron chi connectivity index (χ4n) is 1.84. The minimum absolute atomic E-state index is 0.0870. The van der Waals surface area contributed by atoms with Crippen molar-refractivity contribution in [3.05, 3.63) is 64.6 Å². The maximum Gasteiger partial charge on any atom is 0.233 e. The summed E-state index contributed by atoms with van der Waals surface area (Å²) in [5.74, 6) is -0.416. The van der Waals surface area contributed by atoms with Crippen molar-refractivity contribution in [1.82, 2.24) is 0 Å². The third kappa shape index (κ3) is 3.66. The normalized spacial score (nSPS) is 11.9. The van der Waals surface area contributed by atoms with Gasteiger partial charge in [-0.3, -0.25) is 4.79 Å². The van der Waals surface area contributed by atoms with Gasteiger partial charge in [-0.25, -0.2) is 0 Å². The lowest BCUT2D eigenvalue weighted by Crippen LogP contribution is -2.27. The van der Waals surface area contributed by atoms with Crippen LogP contribution in [0.25, 0.3) is 0 Å². The van der Waals surface area contributed by atoms with Crippen molar-refractivity contribution < 1.29 is 4.79 Å². The van der Waals surface area contributed by atoms with Crippen LogP contribution in [0.4, 0.5) is 5.69 Å². The minimum atomic E-state index is -0.329. The molecule has 0 aliphatic carbocycles. The number of carbonyl (C=O) groups excluding carboxylic acids is 1. The average Bonchev–Trinajstić information content (AvgIpc) is 2.43. The predicted octanol–water partition coefficient (Wildman–Crippen LogP) is 3.13. The molecule has 3 nitrogen and oxygen atoms in total. The molecule has 2 aromatic carbocycles. The highest BCUT2D eigenvalue weighted by Crippen LogP contribution is 2.19. The maximum absolute atomic E-state index is 12.2. The second kappa shape index (κ2) is 6.50. The molecular weight excluding hydrogens is 304 g/mol. The Balaban J connectivity index is 2.11. The van der Waals surface area contributed by atoms with Crippen LogP contribution in [-0.4, -0.2) is 12.5 Å². The first-order valence-corrected chi connectivity index (χ1v) is 6.81. The lowest BCUT2D eigenvalue weighted by Gasteiger charge is -2.15. The van der Waals surface area contributed by atoms with Gasteiger partial charge in [0.1, 0.15) is 0 Å². The summed E-state index contributed by atoms with van der Waals surface area (Å²) < 4.78 is 0.976. The highest BCUT2D eigenvalue weighted by molar-refractivity contribution is 9.10. The number of hydrogen-bond donors (Lipinski definition) is 2. The van der Waals surface area contributed by atoms with Crippen molar-refractivity contribution in [3.8, 4) is 0 Å².